The molecule has 1 aromatic rings. The Kier molecular flexibility index (Phi) is 10.4. The second-order valence-electron chi connectivity index (χ2n) is 4.37. The molecule has 0 unspecified atom stereocenters. The van der Waals surface area contributed by atoms with Crippen molar-refractivity contribution in [3.63, 3.8) is 0 Å². The zero-order valence-electron chi connectivity index (χ0n) is 13.2. The van der Waals surface area contributed by atoms with E-state index < -0.39 is 10.0 Å². The molecule has 0 saturated carbocycles. The van der Waals surface area contributed by atoms with Crippen molar-refractivity contribution in [1.29, 1.82) is 0 Å². The van der Waals surface area contributed by atoms with Crippen LogP contribution >= 0.6 is 24.0 Å². The topological polar surface area (TPSA) is 82.6 Å². The number of rotatable bonds is 7. The van der Waals surface area contributed by atoms with E-state index in [2.05, 4.69) is 20.3 Å². The second-order valence-corrected chi connectivity index (χ2v) is 6.14. The predicted octanol–water partition coefficient (Wildman–Crippen LogP) is 1.68. The highest BCUT2D eigenvalue weighted by Gasteiger charge is 2.11. The van der Waals surface area contributed by atoms with Crippen LogP contribution in [0.15, 0.2) is 34.2 Å². The minimum atomic E-state index is -3.39. The molecule has 0 amide bonds. The van der Waals surface area contributed by atoms with Gasteiger partial charge in [-0.1, -0.05) is 19.1 Å². The van der Waals surface area contributed by atoms with Crippen LogP contribution in [0.4, 0.5) is 0 Å². The number of aliphatic imine (C=N–C) groups is 1. The highest BCUT2D eigenvalue weighted by Crippen LogP contribution is 2.11. The standard InChI is InChI=1S/C14H24N4O2S.HI/c1-4-15-14(16-5-2)17-11-12-7-9-13(10-8-12)21(19,20)18-6-3;/h7-10,18H,4-6,11H2,1-3H3,(H2,15,16,17);1H. The average Bonchev–Trinajstić information content (AvgIpc) is 2.46. The van der Waals surface area contributed by atoms with Crippen LogP contribution in [0.5, 0.6) is 0 Å². The normalized spacial score (nSPS) is 10.5. The molecule has 0 bridgehead atoms. The third kappa shape index (κ3) is 6.93. The Labute approximate surface area is 150 Å². The summed E-state index contributed by atoms with van der Waals surface area (Å²) in [7, 11) is -3.39. The summed E-state index contributed by atoms with van der Waals surface area (Å²) in [6.07, 6.45) is 0. The van der Waals surface area contributed by atoms with Crippen molar-refractivity contribution in [2.45, 2.75) is 32.2 Å². The van der Waals surface area contributed by atoms with E-state index in [-0.39, 0.29) is 28.9 Å². The van der Waals surface area contributed by atoms with Crippen molar-refractivity contribution >= 4 is 40.0 Å². The lowest BCUT2D eigenvalue weighted by Crippen LogP contribution is -2.36. The summed E-state index contributed by atoms with van der Waals surface area (Å²) in [5, 5.41) is 6.28. The summed E-state index contributed by atoms with van der Waals surface area (Å²) in [4.78, 5) is 4.70. The van der Waals surface area contributed by atoms with Crippen LogP contribution in [0.2, 0.25) is 0 Å². The van der Waals surface area contributed by atoms with E-state index >= 15 is 0 Å². The molecule has 0 aromatic heterocycles. The van der Waals surface area contributed by atoms with Crippen LogP contribution in [0.1, 0.15) is 26.3 Å². The van der Waals surface area contributed by atoms with Gasteiger partial charge in [-0.15, -0.1) is 24.0 Å². The van der Waals surface area contributed by atoms with E-state index in [1.54, 1.807) is 31.2 Å². The molecule has 126 valence electrons. The molecule has 0 aliphatic rings. The summed E-state index contributed by atoms with van der Waals surface area (Å²) < 4.78 is 26.1. The summed E-state index contributed by atoms with van der Waals surface area (Å²) >= 11 is 0. The number of hydrogen-bond donors (Lipinski definition) is 3. The van der Waals surface area contributed by atoms with E-state index in [1.165, 1.54) is 0 Å². The molecule has 1 aromatic carbocycles. The molecule has 8 heteroatoms. The third-order valence-electron chi connectivity index (χ3n) is 2.68. The fourth-order valence-electron chi connectivity index (χ4n) is 1.73. The first-order valence-corrected chi connectivity index (χ1v) is 8.62. The second kappa shape index (κ2) is 10.8. The number of hydrogen-bond acceptors (Lipinski definition) is 3. The molecule has 0 saturated heterocycles. The van der Waals surface area contributed by atoms with Gasteiger partial charge in [0.25, 0.3) is 0 Å². The average molecular weight is 440 g/mol. The lowest BCUT2D eigenvalue weighted by molar-refractivity contribution is 0.584. The molecule has 6 nitrogen and oxygen atoms in total. The number of benzene rings is 1. The van der Waals surface area contributed by atoms with Crippen molar-refractivity contribution in [3.05, 3.63) is 29.8 Å². The highest BCUT2D eigenvalue weighted by molar-refractivity contribution is 14.0. The van der Waals surface area contributed by atoms with Gasteiger partial charge in [0.1, 0.15) is 0 Å². The number of guanidine groups is 1. The first-order chi connectivity index (χ1) is 10.0. The Morgan fingerprint density at radius 2 is 1.55 bits per heavy atom. The maximum absolute atomic E-state index is 11.8. The van der Waals surface area contributed by atoms with Crippen LogP contribution in [0, 0.1) is 0 Å². The minimum absolute atomic E-state index is 0. The molecule has 1 rings (SSSR count). The Bertz CT molecular complexity index is 551. The molecule has 22 heavy (non-hydrogen) atoms. The molecular weight excluding hydrogens is 415 g/mol. The Hall–Kier alpha value is -0.870. The zero-order chi connectivity index (χ0) is 15.7. The lowest BCUT2D eigenvalue weighted by Gasteiger charge is -2.09. The van der Waals surface area contributed by atoms with Gasteiger partial charge in [-0.05, 0) is 31.5 Å². The quantitative estimate of drug-likeness (QED) is 0.342. The van der Waals surface area contributed by atoms with Crippen LogP contribution in [0.3, 0.4) is 0 Å². The van der Waals surface area contributed by atoms with Crippen LogP contribution < -0.4 is 15.4 Å². The van der Waals surface area contributed by atoms with Gasteiger partial charge >= 0.3 is 0 Å². The lowest BCUT2D eigenvalue weighted by atomic mass is 10.2. The Balaban J connectivity index is 0.00000441. The van der Waals surface area contributed by atoms with Gasteiger partial charge in [0.15, 0.2) is 5.96 Å². The van der Waals surface area contributed by atoms with Gasteiger partial charge in [0.05, 0.1) is 11.4 Å². The molecule has 0 heterocycles. The SMILES string of the molecule is CCNC(=NCc1ccc(S(=O)(=O)NCC)cc1)NCC.I. The molecule has 0 fully saturated rings. The van der Waals surface area contributed by atoms with Crippen molar-refractivity contribution in [3.8, 4) is 0 Å². The molecule has 0 aliphatic heterocycles. The van der Waals surface area contributed by atoms with Crippen molar-refractivity contribution in [2.24, 2.45) is 4.99 Å². The summed E-state index contributed by atoms with van der Waals surface area (Å²) in [6, 6.07) is 6.76. The summed E-state index contributed by atoms with van der Waals surface area (Å²) in [6.45, 7) is 8.24. The predicted molar refractivity (Wildman–Crippen MR) is 101 cm³/mol. The smallest absolute Gasteiger partial charge is 0.240 e. The van der Waals surface area contributed by atoms with Crippen LogP contribution in [0.25, 0.3) is 0 Å². The fourth-order valence-corrected chi connectivity index (χ4v) is 2.77. The van der Waals surface area contributed by atoms with Gasteiger partial charge in [-0.25, -0.2) is 18.1 Å². The number of nitrogens with zero attached hydrogens (tertiary/aromatic N) is 1. The van der Waals surface area contributed by atoms with Crippen molar-refractivity contribution < 1.29 is 8.42 Å². The van der Waals surface area contributed by atoms with E-state index in [0.717, 1.165) is 24.6 Å². The monoisotopic (exact) mass is 440 g/mol. The minimum Gasteiger partial charge on any atom is -0.357 e. The van der Waals surface area contributed by atoms with Crippen molar-refractivity contribution in [1.82, 2.24) is 15.4 Å². The van der Waals surface area contributed by atoms with Gasteiger partial charge in [0.2, 0.25) is 10.0 Å². The first-order valence-electron chi connectivity index (χ1n) is 7.14. The maximum Gasteiger partial charge on any atom is 0.240 e. The van der Waals surface area contributed by atoms with Crippen molar-refractivity contribution in [2.75, 3.05) is 19.6 Å². The third-order valence-corrected chi connectivity index (χ3v) is 4.24. The maximum atomic E-state index is 11.8. The molecule has 0 radical (unpaired) electrons. The van der Waals surface area contributed by atoms with E-state index in [0.29, 0.717) is 13.1 Å². The van der Waals surface area contributed by atoms with E-state index in [4.69, 9.17) is 0 Å². The largest absolute Gasteiger partial charge is 0.357 e. The molecule has 0 spiro atoms. The molecular formula is C14H25IN4O2S. The molecule has 0 aliphatic carbocycles. The Morgan fingerprint density at radius 1 is 1.00 bits per heavy atom. The summed E-state index contributed by atoms with van der Waals surface area (Å²) in [5.41, 5.74) is 0.957. The number of sulfonamides is 1. The summed E-state index contributed by atoms with van der Waals surface area (Å²) in [5.74, 6) is 0.754. The molecule has 0 atom stereocenters. The number of halogens is 1. The van der Waals surface area contributed by atoms with Gasteiger partial charge < -0.3 is 10.6 Å². The van der Waals surface area contributed by atoms with Crippen LogP contribution in [-0.4, -0.2) is 34.0 Å². The number of nitrogens with one attached hydrogen (secondary N) is 3. The molecule has 3 N–H and O–H groups in total. The van der Waals surface area contributed by atoms with Gasteiger partial charge in [-0.3, -0.25) is 0 Å². The van der Waals surface area contributed by atoms with Crippen LogP contribution in [-0.2, 0) is 16.6 Å². The first kappa shape index (κ1) is 21.1. The Morgan fingerprint density at radius 3 is 2.00 bits per heavy atom. The fraction of sp³-hybridized carbons (Fsp3) is 0.500. The highest BCUT2D eigenvalue weighted by atomic mass is 127. The van der Waals surface area contributed by atoms with Gasteiger partial charge in [-0.2, -0.15) is 0 Å². The zero-order valence-corrected chi connectivity index (χ0v) is 16.4. The van der Waals surface area contributed by atoms with E-state index in [1.807, 2.05) is 13.8 Å². The van der Waals surface area contributed by atoms with E-state index in [9.17, 15) is 8.42 Å². The van der Waals surface area contributed by atoms with Gasteiger partial charge in [0, 0.05) is 19.6 Å².